The lowest BCUT2D eigenvalue weighted by molar-refractivity contribution is -0.134. The third-order valence-electron chi connectivity index (χ3n) is 3.13. The summed E-state index contributed by atoms with van der Waals surface area (Å²) >= 11 is 5.82. The zero-order valence-electron chi connectivity index (χ0n) is 10.7. The Labute approximate surface area is 122 Å². The highest BCUT2D eigenvalue weighted by Gasteiger charge is 2.28. The van der Waals surface area contributed by atoms with Gasteiger partial charge < -0.3 is 10.0 Å². The van der Waals surface area contributed by atoms with E-state index in [9.17, 15) is 13.2 Å². The van der Waals surface area contributed by atoms with Gasteiger partial charge in [0.2, 0.25) is 10.0 Å². The van der Waals surface area contributed by atoms with E-state index in [2.05, 4.69) is 0 Å². The highest BCUT2D eigenvalue weighted by molar-refractivity contribution is 7.89. The third-order valence-corrected chi connectivity index (χ3v) is 5.15. The number of anilines is 1. The fourth-order valence-electron chi connectivity index (χ4n) is 2.12. The summed E-state index contributed by atoms with van der Waals surface area (Å²) in [4.78, 5) is 12.6. The van der Waals surface area contributed by atoms with E-state index in [4.69, 9.17) is 16.7 Å². The molecule has 0 saturated carbocycles. The van der Waals surface area contributed by atoms with Crippen molar-refractivity contribution in [1.29, 1.82) is 0 Å². The van der Waals surface area contributed by atoms with Crippen molar-refractivity contribution in [2.45, 2.75) is 0 Å². The van der Waals surface area contributed by atoms with Gasteiger partial charge in [0.05, 0.1) is 0 Å². The fourth-order valence-corrected chi connectivity index (χ4v) is 3.46. The molecule has 1 N–H and O–H groups in total. The van der Waals surface area contributed by atoms with E-state index in [1.807, 2.05) is 17.0 Å². The number of piperazine rings is 1. The van der Waals surface area contributed by atoms with Gasteiger partial charge in [-0.1, -0.05) is 11.6 Å². The third kappa shape index (κ3) is 3.62. The number of benzene rings is 1. The molecule has 1 aromatic rings. The Morgan fingerprint density at radius 3 is 2.20 bits per heavy atom. The lowest BCUT2D eigenvalue weighted by Gasteiger charge is -2.35. The van der Waals surface area contributed by atoms with Crippen molar-refractivity contribution in [3.8, 4) is 0 Å². The van der Waals surface area contributed by atoms with Crippen LogP contribution in [-0.4, -0.2) is 55.7 Å². The van der Waals surface area contributed by atoms with Crippen molar-refractivity contribution >= 4 is 33.3 Å². The maximum absolute atomic E-state index is 11.8. The van der Waals surface area contributed by atoms with Crippen molar-refractivity contribution in [3.05, 3.63) is 29.3 Å². The molecule has 1 fully saturated rings. The fraction of sp³-hybridized carbons (Fsp3) is 0.417. The Balaban J connectivity index is 1.99. The number of halogens is 1. The molecule has 1 aliphatic heterocycles. The van der Waals surface area contributed by atoms with E-state index >= 15 is 0 Å². The summed E-state index contributed by atoms with van der Waals surface area (Å²) in [6, 6.07) is 7.32. The lowest BCUT2D eigenvalue weighted by Crippen LogP contribution is -2.49. The first-order valence-electron chi connectivity index (χ1n) is 6.08. The van der Waals surface area contributed by atoms with Gasteiger partial charge in [-0.3, -0.25) is 4.79 Å². The molecule has 0 radical (unpaired) electrons. The van der Waals surface area contributed by atoms with Crippen LogP contribution in [-0.2, 0) is 14.8 Å². The molecule has 6 nitrogen and oxygen atoms in total. The largest absolute Gasteiger partial charge is 0.480 e. The maximum atomic E-state index is 11.8. The minimum absolute atomic E-state index is 0.290. The van der Waals surface area contributed by atoms with Gasteiger partial charge >= 0.3 is 5.97 Å². The predicted molar refractivity (Wildman–Crippen MR) is 76.7 cm³/mol. The van der Waals surface area contributed by atoms with Crippen LogP contribution >= 0.6 is 11.6 Å². The molecule has 0 bridgehead atoms. The molecule has 0 aliphatic carbocycles. The topological polar surface area (TPSA) is 77.9 Å². The number of carboxylic acids is 1. The summed E-state index contributed by atoms with van der Waals surface area (Å²) < 4.78 is 24.8. The molecule has 0 amide bonds. The van der Waals surface area contributed by atoms with E-state index in [0.29, 0.717) is 18.1 Å². The molecule has 110 valence electrons. The van der Waals surface area contributed by atoms with Gasteiger partial charge in [-0.05, 0) is 24.3 Å². The summed E-state index contributed by atoms with van der Waals surface area (Å²) in [6.07, 6.45) is 0. The first-order valence-corrected chi connectivity index (χ1v) is 8.07. The molecule has 1 aliphatic rings. The van der Waals surface area contributed by atoms with Gasteiger partial charge in [0.1, 0.15) is 0 Å². The average molecular weight is 319 g/mol. The predicted octanol–water partition coefficient (Wildman–Crippen LogP) is 0.876. The Bertz CT molecular complexity index is 580. The molecular weight excluding hydrogens is 304 g/mol. The van der Waals surface area contributed by atoms with Crippen LogP contribution in [0, 0.1) is 0 Å². The molecule has 1 heterocycles. The molecular formula is C12H15ClN2O4S. The molecule has 1 saturated heterocycles. The van der Waals surface area contributed by atoms with E-state index in [0.717, 1.165) is 5.69 Å². The maximum Gasteiger partial charge on any atom is 0.320 e. The van der Waals surface area contributed by atoms with Crippen molar-refractivity contribution < 1.29 is 18.3 Å². The van der Waals surface area contributed by atoms with Crippen LogP contribution < -0.4 is 4.90 Å². The number of rotatable bonds is 4. The minimum Gasteiger partial charge on any atom is -0.480 e. The van der Waals surface area contributed by atoms with E-state index in [1.165, 1.54) is 4.31 Å². The number of carbonyl (C=O) groups is 1. The van der Waals surface area contributed by atoms with Crippen molar-refractivity contribution in [2.75, 3.05) is 36.8 Å². The molecule has 1 aromatic carbocycles. The van der Waals surface area contributed by atoms with Crippen LogP contribution in [0.5, 0.6) is 0 Å². The van der Waals surface area contributed by atoms with Crippen LogP contribution in [0.1, 0.15) is 0 Å². The number of sulfonamides is 1. The molecule has 0 spiro atoms. The quantitative estimate of drug-likeness (QED) is 0.891. The number of hydrogen-bond donors (Lipinski definition) is 1. The number of carboxylic acid groups (broad SMARTS) is 1. The van der Waals surface area contributed by atoms with Gasteiger partial charge in [0.15, 0.2) is 5.75 Å². The van der Waals surface area contributed by atoms with Crippen LogP contribution in [0.25, 0.3) is 0 Å². The first-order chi connectivity index (χ1) is 9.38. The molecule has 8 heteroatoms. The van der Waals surface area contributed by atoms with Crippen LogP contribution in [0.4, 0.5) is 5.69 Å². The first kappa shape index (κ1) is 15.1. The summed E-state index contributed by atoms with van der Waals surface area (Å²) in [7, 11) is -3.71. The normalized spacial score (nSPS) is 17.1. The van der Waals surface area contributed by atoms with Gasteiger partial charge in [0.25, 0.3) is 0 Å². The van der Waals surface area contributed by atoms with Gasteiger partial charge in [-0.2, -0.15) is 4.31 Å². The number of nitrogens with zero attached hydrogens (tertiary/aromatic N) is 2. The summed E-state index contributed by atoms with van der Waals surface area (Å²) in [5.41, 5.74) is 0.977. The molecule has 0 unspecified atom stereocenters. The van der Waals surface area contributed by atoms with Gasteiger partial charge in [-0.15, -0.1) is 0 Å². The minimum atomic E-state index is -3.71. The Morgan fingerprint density at radius 2 is 1.70 bits per heavy atom. The van der Waals surface area contributed by atoms with Crippen LogP contribution in [0.15, 0.2) is 24.3 Å². The monoisotopic (exact) mass is 318 g/mol. The van der Waals surface area contributed by atoms with E-state index in [-0.39, 0.29) is 13.1 Å². The second kappa shape index (κ2) is 5.99. The highest BCUT2D eigenvalue weighted by Crippen LogP contribution is 2.20. The summed E-state index contributed by atoms with van der Waals surface area (Å²) in [6.45, 7) is 1.64. The van der Waals surface area contributed by atoms with E-state index in [1.54, 1.807) is 12.1 Å². The zero-order valence-corrected chi connectivity index (χ0v) is 12.3. The van der Waals surface area contributed by atoms with Crippen molar-refractivity contribution in [2.24, 2.45) is 0 Å². The standard InChI is InChI=1S/C12H15ClN2O4S/c13-10-1-3-11(4-2-10)14-5-7-15(8-6-14)20(18,19)9-12(16)17/h1-4H,5-9H2,(H,16,17). The SMILES string of the molecule is O=C(O)CS(=O)(=O)N1CCN(c2ccc(Cl)cc2)CC1. The second-order valence-corrected chi connectivity index (χ2v) is 6.92. The molecule has 0 atom stereocenters. The van der Waals surface area contributed by atoms with Crippen molar-refractivity contribution in [1.82, 2.24) is 4.31 Å². The zero-order chi connectivity index (χ0) is 14.8. The smallest absolute Gasteiger partial charge is 0.320 e. The van der Waals surface area contributed by atoms with Gasteiger partial charge in [0, 0.05) is 36.9 Å². The highest BCUT2D eigenvalue weighted by atomic mass is 35.5. The second-order valence-electron chi connectivity index (χ2n) is 4.51. The average Bonchev–Trinajstić information content (AvgIpc) is 2.38. The lowest BCUT2D eigenvalue weighted by atomic mass is 10.2. The van der Waals surface area contributed by atoms with Crippen LogP contribution in [0.3, 0.4) is 0 Å². The Morgan fingerprint density at radius 1 is 1.15 bits per heavy atom. The summed E-state index contributed by atoms with van der Waals surface area (Å²) in [5.74, 6) is -2.18. The van der Waals surface area contributed by atoms with E-state index < -0.39 is 21.7 Å². The number of hydrogen-bond acceptors (Lipinski definition) is 4. The Hall–Kier alpha value is -1.31. The van der Waals surface area contributed by atoms with Gasteiger partial charge in [-0.25, -0.2) is 8.42 Å². The number of aliphatic carboxylic acids is 1. The molecule has 20 heavy (non-hydrogen) atoms. The van der Waals surface area contributed by atoms with Crippen LogP contribution in [0.2, 0.25) is 5.02 Å². The molecule has 0 aromatic heterocycles. The van der Waals surface area contributed by atoms with Crippen molar-refractivity contribution in [3.63, 3.8) is 0 Å². The Kier molecular flexibility index (Phi) is 4.52. The molecule has 2 rings (SSSR count). The summed E-state index contributed by atoms with van der Waals surface area (Å²) in [5, 5.41) is 9.26.